The van der Waals surface area contributed by atoms with Gasteiger partial charge in [-0.15, -0.1) is 0 Å². The summed E-state index contributed by atoms with van der Waals surface area (Å²) in [6, 6.07) is 0.600. The fourth-order valence-corrected chi connectivity index (χ4v) is 2.94. The summed E-state index contributed by atoms with van der Waals surface area (Å²) in [5.74, 6) is 0.621. The van der Waals surface area contributed by atoms with Crippen LogP contribution in [0.4, 0.5) is 0 Å². The largest absolute Gasteiger partial charge is 0.377 e. The Labute approximate surface area is 129 Å². The molecule has 2 rings (SSSR count). The van der Waals surface area contributed by atoms with Gasteiger partial charge in [0.25, 0.3) is 0 Å². The van der Waals surface area contributed by atoms with Gasteiger partial charge in [0.15, 0.2) is 0 Å². The number of hydrogen-bond acceptors (Lipinski definition) is 3. The van der Waals surface area contributed by atoms with E-state index in [-0.39, 0.29) is 5.41 Å². The van der Waals surface area contributed by atoms with Crippen LogP contribution in [-0.2, 0) is 11.3 Å². The van der Waals surface area contributed by atoms with Gasteiger partial charge in [-0.2, -0.15) is 0 Å². The van der Waals surface area contributed by atoms with Gasteiger partial charge in [0.2, 0.25) is 0 Å². The second-order valence-corrected chi connectivity index (χ2v) is 7.29. The summed E-state index contributed by atoms with van der Waals surface area (Å²) in [7, 11) is 0. The normalized spacial score (nSPS) is 24.2. The quantitative estimate of drug-likeness (QED) is 0.711. The van der Waals surface area contributed by atoms with Crippen LogP contribution >= 0.6 is 0 Å². The van der Waals surface area contributed by atoms with Crippen LogP contribution in [0.2, 0.25) is 0 Å². The van der Waals surface area contributed by atoms with Crippen LogP contribution in [0, 0.1) is 11.3 Å². The SMILES string of the molecule is CC(C)COC1CC(NCCCCn2ccnc2)C1(C)C. The predicted octanol–water partition coefficient (Wildman–Crippen LogP) is 3.09. The van der Waals surface area contributed by atoms with Crippen molar-refractivity contribution in [1.82, 2.24) is 14.9 Å². The zero-order valence-electron chi connectivity index (χ0n) is 14.0. The fraction of sp³-hybridized carbons (Fsp3) is 0.824. The van der Waals surface area contributed by atoms with Gasteiger partial charge in [-0.3, -0.25) is 0 Å². The maximum absolute atomic E-state index is 6.01. The van der Waals surface area contributed by atoms with Crippen molar-refractivity contribution in [2.75, 3.05) is 13.2 Å². The van der Waals surface area contributed by atoms with Crippen molar-refractivity contribution >= 4 is 0 Å². The molecule has 0 radical (unpaired) electrons. The maximum atomic E-state index is 6.01. The van der Waals surface area contributed by atoms with Crippen molar-refractivity contribution in [3.05, 3.63) is 18.7 Å². The molecule has 0 saturated heterocycles. The Morgan fingerprint density at radius 1 is 1.38 bits per heavy atom. The van der Waals surface area contributed by atoms with E-state index in [9.17, 15) is 0 Å². The van der Waals surface area contributed by atoms with E-state index >= 15 is 0 Å². The lowest BCUT2D eigenvalue weighted by atomic mass is 9.64. The fourth-order valence-electron chi connectivity index (χ4n) is 2.94. The molecule has 2 atom stereocenters. The minimum Gasteiger partial charge on any atom is -0.377 e. The molecular weight excluding hydrogens is 262 g/mol. The third-order valence-corrected chi connectivity index (χ3v) is 4.60. The molecule has 1 saturated carbocycles. The molecule has 1 fully saturated rings. The summed E-state index contributed by atoms with van der Waals surface area (Å²) in [6.45, 7) is 12.1. The number of nitrogens with zero attached hydrogens (tertiary/aromatic N) is 2. The molecule has 21 heavy (non-hydrogen) atoms. The Hall–Kier alpha value is -0.870. The molecular formula is C17H31N3O. The van der Waals surface area contributed by atoms with Crippen LogP contribution < -0.4 is 5.32 Å². The monoisotopic (exact) mass is 293 g/mol. The third kappa shape index (κ3) is 4.55. The van der Waals surface area contributed by atoms with Crippen molar-refractivity contribution in [3.63, 3.8) is 0 Å². The smallest absolute Gasteiger partial charge is 0.0945 e. The van der Waals surface area contributed by atoms with Crippen molar-refractivity contribution in [2.24, 2.45) is 11.3 Å². The number of nitrogens with one attached hydrogen (secondary N) is 1. The molecule has 1 aliphatic carbocycles. The van der Waals surface area contributed by atoms with Gasteiger partial charge in [0.1, 0.15) is 0 Å². The highest BCUT2D eigenvalue weighted by Crippen LogP contribution is 2.42. The average Bonchev–Trinajstić information content (AvgIpc) is 2.93. The van der Waals surface area contributed by atoms with Crippen molar-refractivity contribution in [1.29, 1.82) is 0 Å². The molecule has 4 heteroatoms. The van der Waals surface area contributed by atoms with E-state index in [1.54, 1.807) is 0 Å². The molecule has 1 aromatic heterocycles. The zero-order chi connectivity index (χ0) is 15.3. The van der Waals surface area contributed by atoms with E-state index in [0.717, 1.165) is 26.1 Å². The first-order valence-corrected chi connectivity index (χ1v) is 8.31. The lowest BCUT2D eigenvalue weighted by molar-refractivity contribution is -0.123. The van der Waals surface area contributed by atoms with Crippen LogP contribution in [0.3, 0.4) is 0 Å². The van der Waals surface area contributed by atoms with Gasteiger partial charge < -0.3 is 14.6 Å². The van der Waals surface area contributed by atoms with Crippen LogP contribution in [-0.4, -0.2) is 34.8 Å². The molecule has 4 nitrogen and oxygen atoms in total. The first kappa shape index (κ1) is 16.5. The van der Waals surface area contributed by atoms with E-state index in [1.165, 1.54) is 12.8 Å². The maximum Gasteiger partial charge on any atom is 0.0945 e. The molecule has 1 N–H and O–H groups in total. The second-order valence-electron chi connectivity index (χ2n) is 7.29. The highest BCUT2D eigenvalue weighted by atomic mass is 16.5. The van der Waals surface area contributed by atoms with Crippen LogP contribution in [0.5, 0.6) is 0 Å². The van der Waals surface area contributed by atoms with E-state index in [4.69, 9.17) is 4.74 Å². The minimum absolute atomic E-state index is 0.263. The molecule has 0 aliphatic heterocycles. The summed E-state index contributed by atoms with van der Waals surface area (Å²) in [5, 5.41) is 3.70. The van der Waals surface area contributed by atoms with Gasteiger partial charge >= 0.3 is 0 Å². The Balaban J connectivity index is 1.57. The molecule has 2 unspecified atom stereocenters. The average molecular weight is 293 g/mol. The van der Waals surface area contributed by atoms with Crippen molar-refractivity contribution in [2.45, 2.75) is 65.6 Å². The molecule has 1 aromatic rings. The highest BCUT2D eigenvalue weighted by molar-refractivity contribution is 5.02. The molecule has 0 amide bonds. The number of hydrogen-bond donors (Lipinski definition) is 1. The Morgan fingerprint density at radius 2 is 2.19 bits per heavy atom. The molecule has 0 spiro atoms. The summed E-state index contributed by atoms with van der Waals surface area (Å²) >= 11 is 0. The van der Waals surface area contributed by atoms with Gasteiger partial charge in [-0.1, -0.05) is 27.7 Å². The highest BCUT2D eigenvalue weighted by Gasteiger charge is 2.48. The lowest BCUT2D eigenvalue weighted by Crippen LogP contribution is -2.61. The van der Waals surface area contributed by atoms with E-state index in [0.29, 0.717) is 18.1 Å². The summed E-state index contributed by atoms with van der Waals surface area (Å²) in [6.07, 6.45) is 9.74. The molecule has 0 aromatic carbocycles. The zero-order valence-corrected chi connectivity index (χ0v) is 14.0. The number of unbranched alkanes of at least 4 members (excludes halogenated alkanes) is 1. The number of rotatable bonds is 9. The standard InChI is InChI=1S/C17H31N3O/c1-14(2)12-21-16-11-15(17(16,3)4)19-7-5-6-9-20-10-8-18-13-20/h8,10,13-16,19H,5-7,9,11-12H2,1-4H3. The molecule has 1 aliphatic rings. The van der Waals surface area contributed by atoms with Crippen LogP contribution in [0.1, 0.15) is 47.0 Å². The summed E-state index contributed by atoms with van der Waals surface area (Å²) in [5.41, 5.74) is 0.263. The Bertz CT molecular complexity index is 400. The first-order valence-electron chi connectivity index (χ1n) is 8.31. The number of imidazole rings is 1. The molecule has 120 valence electrons. The van der Waals surface area contributed by atoms with Crippen molar-refractivity contribution in [3.8, 4) is 0 Å². The number of aromatic nitrogens is 2. The predicted molar refractivity (Wildman–Crippen MR) is 86.2 cm³/mol. The number of ether oxygens (including phenoxy) is 1. The van der Waals surface area contributed by atoms with Crippen LogP contribution in [0.25, 0.3) is 0 Å². The topological polar surface area (TPSA) is 39.1 Å². The van der Waals surface area contributed by atoms with Gasteiger partial charge in [0.05, 0.1) is 12.4 Å². The lowest BCUT2D eigenvalue weighted by Gasteiger charge is -2.52. The van der Waals surface area contributed by atoms with Crippen LogP contribution in [0.15, 0.2) is 18.7 Å². The third-order valence-electron chi connectivity index (χ3n) is 4.60. The Morgan fingerprint density at radius 3 is 2.81 bits per heavy atom. The van der Waals surface area contributed by atoms with E-state index < -0.39 is 0 Å². The van der Waals surface area contributed by atoms with E-state index in [1.807, 2.05) is 18.7 Å². The van der Waals surface area contributed by atoms with Gasteiger partial charge in [-0.05, 0) is 31.7 Å². The van der Waals surface area contributed by atoms with Gasteiger partial charge in [-0.25, -0.2) is 4.98 Å². The van der Waals surface area contributed by atoms with E-state index in [2.05, 4.69) is 42.6 Å². The second kappa shape index (κ2) is 7.41. The molecule has 0 bridgehead atoms. The summed E-state index contributed by atoms with van der Waals surface area (Å²) in [4.78, 5) is 4.06. The van der Waals surface area contributed by atoms with Crippen molar-refractivity contribution < 1.29 is 4.74 Å². The summed E-state index contributed by atoms with van der Waals surface area (Å²) < 4.78 is 8.15. The number of aryl methyl sites for hydroxylation is 1. The minimum atomic E-state index is 0.263. The first-order chi connectivity index (χ1) is 10.00. The van der Waals surface area contributed by atoms with Gasteiger partial charge in [0, 0.05) is 37.0 Å². The Kier molecular flexibility index (Phi) is 5.82. The molecule has 1 heterocycles.